The van der Waals surface area contributed by atoms with Crippen LogP contribution in [-0.4, -0.2) is 84.4 Å². The molecule has 2 aliphatic heterocycles. The fourth-order valence-electron chi connectivity index (χ4n) is 4.39. The second kappa shape index (κ2) is 8.03. The fraction of sp³-hybridized carbons (Fsp3) is 0.500. The van der Waals surface area contributed by atoms with Crippen LogP contribution in [0.5, 0.6) is 0 Å². The van der Waals surface area contributed by atoms with Gasteiger partial charge in [0.15, 0.2) is 9.84 Å². The Balaban J connectivity index is 1.47. The maximum atomic E-state index is 13.2. The highest BCUT2D eigenvalue weighted by Gasteiger charge is 2.41. The summed E-state index contributed by atoms with van der Waals surface area (Å²) in [6.07, 6.45) is 3.57. The van der Waals surface area contributed by atoms with E-state index in [2.05, 4.69) is 4.98 Å². The van der Waals surface area contributed by atoms with Crippen LogP contribution in [0.3, 0.4) is 0 Å². The van der Waals surface area contributed by atoms with E-state index in [1.807, 2.05) is 36.6 Å². The lowest BCUT2D eigenvalue weighted by atomic mass is 10.2. The van der Waals surface area contributed by atoms with Crippen molar-refractivity contribution in [3.8, 4) is 5.69 Å². The molecule has 2 aromatic rings. The monoisotopic (exact) mass is 466 g/mol. The Morgan fingerprint density at radius 2 is 1.87 bits per heavy atom. The minimum Gasteiger partial charge on any atom is -0.336 e. The minimum atomic E-state index is -3.69. The Labute approximate surface area is 182 Å². The average molecular weight is 467 g/mol. The molecule has 0 spiro atoms. The highest BCUT2D eigenvalue weighted by atomic mass is 32.2. The number of hydrogen-bond acceptors (Lipinski definition) is 6. The van der Waals surface area contributed by atoms with Crippen molar-refractivity contribution in [2.45, 2.75) is 25.5 Å². The normalized spacial score (nSPS) is 22.0. The standard InChI is InChI=1S/C20H26N4O5S2/c1-15-12-19(16(2)24(15)17-4-3-6-21-13-17)20(25)22-7-9-23(10-8-22)31(28,29)18-5-11-30(26,27)14-18/h3-4,6,12-13,18H,5,7-11,14H2,1-2H3. The van der Waals surface area contributed by atoms with Crippen molar-refractivity contribution in [2.24, 2.45) is 0 Å². The smallest absolute Gasteiger partial charge is 0.255 e. The van der Waals surface area contributed by atoms with Crippen molar-refractivity contribution in [3.63, 3.8) is 0 Å². The van der Waals surface area contributed by atoms with Gasteiger partial charge in [-0.1, -0.05) is 0 Å². The molecule has 2 saturated heterocycles. The summed E-state index contributed by atoms with van der Waals surface area (Å²) in [4.78, 5) is 19.0. The van der Waals surface area contributed by atoms with Crippen LogP contribution in [0.1, 0.15) is 28.2 Å². The lowest BCUT2D eigenvalue weighted by molar-refractivity contribution is 0.0696. The van der Waals surface area contributed by atoms with Crippen LogP contribution in [0.2, 0.25) is 0 Å². The van der Waals surface area contributed by atoms with Crippen LogP contribution in [0.15, 0.2) is 30.6 Å². The minimum absolute atomic E-state index is 0.0814. The molecule has 1 atom stereocenters. The predicted octanol–water partition coefficient (Wildman–Crippen LogP) is 0.764. The quantitative estimate of drug-likeness (QED) is 0.658. The van der Waals surface area contributed by atoms with Gasteiger partial charge in [0.05, 0.1) is 34.2 Å². The summed E-state index contributed by atoms with van der Waals surface area (Å²) in [7, 11) is -6.97. The predicted molar refractivity (Wildman–Crippen MR) is 116 cm³/mol. The van der Waals surface area contributed by atoms with E-state index in [0.29, 0.717) is 5.56 Å². The highest BCUT2D eigenvalue weighted by Crippen LogP contribution is 2.25. The Hall–Kier alpha value is -2.24. The molecule has 168 valence electrons. The van der Waals surface area contributed by atoms with E-state index in [4.69, 9.17) is 0 Å². The number of carbonyl (C=O) groups is 1. The summed E-state index contributed by atoms with van der Waals surface area (Å²) in [5, 5.41) is -0.877. The molecular formula is C20H26N4O5S2. The van der Waals surface area contributed by atoms with Crippen molar-refractivity contribution < 1.29 is 21.6 Å². The molecule has 2 aliphatic rings. The fourth-order valence-corrected chi connectivity index (χ4v) is 8.90. The van der Waals surface area contributed by atoms with E-state index in [0.717, 1.165) is 17.1 Å². The third-order valence-corrected chi connectivity index (χ3v) is 10.4. The van der Waals surface area contributed by atoms with Gasteiger partial charge in [0.2, 0.25) is 10.0 Å². The van der Waals surface area contributed by atoms with Crippen LogP contribution in [0, 0.1) is 13.8 Å². The van der Waals surface area contributed by atoms with Crippen molar-refractivity contribution >= 4 is 25.8 Å². The third-order valence-electron chi connectivity index (χ3n) is 6.06. The molecule has 31 heavy (non-hydrogen) atoms. The number of nitrogens with zero attached hydrogens (tertiary/aromatic N) is 4. The summed E-state index contributed by atoms with van der Waals surface area (Å²) in [6, 6.07) is 5.61. The van der Waals surface area contributed by atoms with Gasteiger partial charge in [0.25, 0.3) is 5.91 Å². The molecule has 4 rings (SSSR count). The van der Waals surface area contributed by atoms with Crippen LogP contribution >= 0.6 is 0 Å². The van der Waals surface area contributed by atoms with E-state index in [1.54, 1.807) is 17.3 Å². The highest BCUT2D eigenvalue weighted by molar-refractivity contribution is 7.95. The van der Waals surface area contributed by atoms with Gasteiger partial charge in [-0.3, -0.25) is 9.78 Å². The van der Waals surface area contributed by atoms with Crippen molar-refractivity contribution in [1.29, 1.82) is 0 Å². The van der Waals surface area contributed by atoms with Gasteiger partial charge in [-0.25, -0.2) is 16.8 Å². The molecule has 0 saturated carbocycles. The summed E-state index contributed by atoms with van der Waals surface area (Å²) in [6.45, 7) is 4.70. The number of sulfone groups is 1. The third kappa shape index (κ3) is 4.13. The zero-order valence-corrected chi connectivity index (χ0v) is 19.2. The number of hydrogen-bond donors (Lipinski definition) is 0. The van der Waals surface area contributed by atoms with Crippen LogP contribution in [0.4, 0.5) is 0 Å². The second-order valence-electron chi connectivity index (χ2n) is 8.09. The second-order valence-corrected chi connectivity index (χ2v) is 12.5. The maximum Gasteiger partial charge on any atom is 0.255 e. The Kier molecular flexibility index (Phi) is 5.69. The SMILES string of the molecule is Cc1cc(C(=O)N2CCN(S(=O)(=O)C3CCS(=O)(=O)C3)CC2)c(C)n1-c1cccnc1. The summed E-state index contributed by atoms with van der Waals surface area (Å²) >= 11 is 0. The molecule has 9 nitrogen and oxygen atoms in total. The molecule has 0 bridgehead atoms. The van der Waals surface area contributed by atoms with Gasteiger partial charge >= 0.3 is 0 Å². The number of aryl methyl sites for hydroxylation is 1. The van der Waals surface area contributed by atoms with Crippen molar-refractivity contribution in [3.05, 3.63) is 47.5 Å². The molecule has 1 amide bonds. The van der Waals surface area contributed by atoms with Crippen LogP contribution in [0.25, 0.3) is 5.69 Å². The zero-order chi connectivity index (χ0) is 22.4. The number of amides is 1. The number of sulfonamides is 1. The Bertz CT molecular complexity index is 1200. The van der Waals surface area contributed by atoms with E-state index in [1.165, 1.54) is 4.31 Å². The van der Waals surface area contributed by atoms with E-state index in [9.17, 15) is 21.6 Å². The number of carbonyl (C=O) groups excluding carboxylic acids is 1. The molecule has 1 unspecified atom stereocenters. The summed E-state index contributed by atoms with van der Waals surface area (Å²) in [5.41, 5.74) is 3.18. The number of piperazine rings is 1. The van der Waals surface area contributed by atoms with E-state index >= 15 is 0 Å². The molecule has 11 heteroatoms. The first-order valence-electron chi connectivity index (χ1n) is 10.2. The largest absolute Gasteiger partial charge is 0.336 e. The molecule has 0 radical (unpaired) electrons. The van der Waals surface area contributed by atoms with Gasteiger partial charge in [0, 0.05) is 43.8 Å². The lowest BCUT2D eigenvalue weighted by Gasteiger charge is -2.35. The first-order valence-corrected chi connectivity index (χ1v) is 13.5. The number of pyridine rings is 1. The van der Waals surface area contributed by atoms with Crippen molar-refractivity contribution in [1.82, 2.24) is 18.8 Å². The number of aromatic nitrogens is 2. The van der Waals surface area contributed by atoms with Gasteiger partial charge < -0.3 is 9.47 Å². The summed E-state index contributed by atoms with van der Waals surface area (Å²) in [5.74, 6) is -0.528. The Morgan fingerprint density at radius 3 is 2.45 bits per heavy atom. The number of rotatable bonds is 4. The molecule has 2 aromatic heterocycles. The molecule has 0 N–H and O–H groups in total. The van der Waals surface area contributed by atoms with Gasteiger partial charge in [-0.2, -0.15) is 4.31 Å². The van der Waals surface area contributed by atoms with E-state index < -0.39 is 25.1 Å². The molecular weight excluding hydrogens is 440 g/mol. The lowest BCUT2D eigenvalue weighted by Crippen LogP contribution is -2.52. The van der Waals surface area contributed by atoms with Crippen LogP contribution in [-0.2, 0) is 19.9 Å². The molecule has 0 aromatic carbocycles. The zero-order valence-electron chi connectivity index (χ0n) is 17.6. The molecule has 0 aliphatic carbocycles. The Morgan fingerprint density at radius 1 is 1.16 bits per heavy atom. The topological polar surface area (TPSA) is 110 Å². The van der Waals surface area contributed by atoms with Gasteiger partial charge in [-0.05, 0) is 38.5 Å². The molecule has 2 fully saturated rings. The summed E-state index contributed by atoms with van der Waals surface area (Å²) < 4.78 is 52.3. The first kappa shape index (κ1) is 22.0. The van der Waals surface area contributed by atoms with Crippen LogP contribution < -0.4 is 0 Å². The van der Waals surface area contributed by atoms with Gasteiger partial charge in [-0.15, -0.1) is 0 Å². The van der Waals surface area contributed by atoms with E-state index in [-0.39, 0.29) is 50.0 Å². The molecule has 4 heterocycles. The van der Waals surface area contributed by atoms with Crippen molar-refractivity contribution in [2.75, 3.05) is 37.7 Å². The first-order chi connectivity index (χ1) is 14.6. The maximum absolute atomic E-state index is 13.2. The average Bonchev–Trinajstić information content (AvgIpc) is 3.27. The van der Waals surface area contributed by atoms with Gasteiger partial charge in [0.1, 0.15) is 0 Å².